The molecule has 1 unspecified atom stereocenters. The Balaban J connectivity index is 1.63. The van der Waals surface area contributed by atoms with Crippen molar-refractivity contribution in [3.8, 4) is 0 Å². The molecule has 2 aromatic heterocycles. The lowest BCUT2D eigenvalue weighted by Crippen LogP contribution is -2.39. The fourth-order valence-corrected chi connectivity index (χ4v) is 5.13. The van der Waals surface area contributed by atoms with Gasteiger partial charge in [0.1, 0.15) is 17.2 Å². The fourth-order valence-electron chi connectivity index (χ4n) is 5.13. The van der Waals surface area contributed by atoms with Gasteiger partial charge < -0.3 is 24.5 Å². The fraction of sp³-hybridized carbons (Fsp3) is 0.594. The van der Waals surface area contributed by atoms with Gasteiger partial charge in [0.05, 0.1) is 13.1 Å². The molecule has 0 spiro atoms. The number of ether oxygens (including phenoxy) is 1. The van der Waals surface area contributed by atoms with Crippen molar-refractivity contribution in [3.05, 3.63) is 71.8 Å². The predicted octanol–water partition coefficient (Wildman–Crippen LogP) is 5.68. The minimum Gasteiger partial charge on any atom is -0.444 e. The molecule has 9 nitrogen and oxygen atoms in total. The Morgan fingerprint density at radius 3 is 2.32 bits per heavy atom. The molecule has 3 rings (SSSR count). The maximum atomic E-state index is 12.1. The Morgan fingerprint density at radius 1 is 1.02 bits per heavy atom. The van der Waals surface area contributed by atoms with E-state index in [0.29, 0.717) is 12.6 Å². The number of nitrogens with one attached hydrogen (secondary N) is 2. The van der Waals surface area contributed by atoms with Gasteiger partial charge in [0.2, 0.25) is 0 Å². The molecule has 9 heteroatoms. The third kappa shape index (κ3) is 11.7. The highest BCUT2D eigenvalue weighted by atomic mass is 16.6. The van der Waals surface area contributed by atoms with Gasteiger partial charge in [0, 0.05) is 51.0 Å². The summed E-state index contributed by atoms with van der Waals surface area (Å²) in [7, 11) is 2.03. The van der Waals surface area contributed by atoms with Crippen LogP contribution in [0.15, 0.2) is 49.1 Å². The number of rotatable bonds is 17. The largest absolute Gasteiger partial charge is 0.444 e. The van der Waals surface area contributed by atoms with Crippen molar-refractivity contribution in [1.82, 2.24) is 34.6 Å². The van der Waals surface area contributed by atoms with Crippen LogP contribution in [0.1, 0.15) is 83.1 Å². The standard InChI is InChI=1S/C32H51N7O2/c1-7-19-39(20-8-2)28(10-9-15-36-31(40)41-32(3,4)5)22-26-11-13-27(14-12-26)23-38(24-29-33-16-17-34-29)25-30-35-18-21-37(30)6/h11-14,16-18,21,28H,7-10,15,19-20,22-25H2,1-6H3,(H,33,34)(H,36,40). The van der Waals surface area contributed by atoms with Crippen molar-refractivity contribution in [3.63, 3.8) is 0 Å². The van der Waals surface area contributed by atoms with E-state index in [1.165, 1.54) is 11.1 Å². The second-order valence-electron chi connectivity index (χ2n) is 11.9. The van der Waals surface area contributed by atoms with Gasteiger partial charge in [-0.05, 0) is 77.1 Å². The summed E-state index contributed by atoms with van der Waals surface area (Å²) >= 11 is 0. The smallest absolute Gasteiger partial charge is 0.407 e. The van der Waals surface area contributed by atoms with Gasteiger partial charge >= 0.3 is 6.09 Å². The number of alkyl carbamates (subject to hydrolysis) is 1. The Hall–Kier alpha value is -3.17. The number of imidazole rings is 2. The summed E-state index contributed by atoms with van der Waals surface area (Å²) in [5, 5.41) is 2.92. The van der Waals surface area contributed by atoms with Crippen LogP contribution >= 0.6 is 0 Å². The summed E-state index contributed by atoms with van der Waals surface area (Å²) in [4.78, 5) is 29.3. The van der Waals surface area contributed by atoms with Crippen LogP contribution < -0.4 is 5.32 Å². The van der Waals surface area contributed by atoms with Crippen LogP contribution in [0.25, 0.3) is 0 Å². The van der Waals surface area contributed by atoms with Gasteiger partial charge in [-0.25, -0.2) is 14.8 Å². The lowest BCUT2D eigenvalue weighted by atomic mass is 9.98. The molecule has 1 atom stereocenters. The van der Waals surface area contributed by atoms with Crippen molar-refractivity contribution in [2.45, 2.75) is 98.0 Å². The number of aryl methyl sites for hydroxylation is 1. The van der Waals surface area contributed by atoms with Crippen molar-refractivity contribution in [2.24, 2.45) is 7.05 Å². The van der Waals surface area contributed by atoms with E-state index >= 15 is 0 Å². The molecule has 3 aromatic rings. The average molecular weight is 566 g/mol. The Kier molecular flexibility index (Phi) is 12.9. The molecular formula is C32H51N7O2. The molecule has 0 bridgehead atoms. The zero-order chi connectivity index (χ0) is 29.7. The number of aromatic nitrogens is 4. The van der Waals surface area contributed by atoms with Gasteiger partial charge in [-0.1, -0.05) is 38.1 Å². The molecule has 2 N–H and O–H groups in total. The molecule has 0 saturated heterocycles. The molecule has 0 saturated carbocycles. The maximum Gasteiger partial charge on any atom is 0.407 e. The van der Waals surface area contributed by atoms with Gasteiger partial charge in [-0.15, -0.1) is 0 Å². The number of amides is 1. The summed E-state index contributed by atoms with van der Waals surface area (Å²) in [6.45, 7) is 15.2. The second kappa shape index (κ2) is 16.3. The highest BCUT2D eigenvalue weighted by Crippen LogP contribution is 2.18. The highest BCUT2D eigenvalue weighted by Gasteiger charge is 2.19. The highest BCUT2D eigenvalue weighted by molar-refractivity contribution is 5.67. The van der Waals surface area contributed by atoms with E-state index < -0.39 is 5.60 Å². The SMILES string of the molecule is CCCN(CCC)C(CCCNC(=O)OC(C)(C)C)Cc1ccc(CN(Cc2ncc[nH]2)Cc2nccn2C)cc1. The van der Waals surface area contributed by atoms with Crippen molar-refractivity contribution in [2.75, 3.05) is 19.6 Å². The monoisotopic (exact) mass is 565 g/mol. The van der Waals surface area contributed by atoms with Gasteiger partial charge in [-0.2, -0.15) is 0 Å². The molecular weight excluding hydrogens is 514 g/mol. The normalized spacial score (nSPS) is 12.7. The summed E-state index contributed by atoms with van der Waals surface area (Å²) < 4.78 is 7.46. The summed E-state index contributed by atoms with van der Waals surface area (Å²) in [6.07, 6.45) is 12.4. The number of H-pyrrole nitrogens is 1. The number of aromatic amines is 1. The Bertz CT molecular complexity index is 1130. The van der Waals surface area contributed by atoms with Crippen molar-refractivity contribution < 1.29 is 9.53 Å². The maximum absolute atomic E-state index is 12.1. The third-order valence-electron chi connectivity index (χ3n) is 7.04. The molecule has 0 aliphatic rings. The lowest BCUT2D eigenvalue weighted by molar-refractivity contribution is 0.0525. The number of carbonyl (C=O) groups is 1. The number of carbonyl (C=O) groups excluding carboxylic acids is 1. The van der Waals surface area contributed by atoms with Gasteiger partial charge in [0.15, 0.2) is 0 Å². The summed E-state index contributed by atoms with van der Waals surface area (Å²) in [6, 6.07) is 9.51. The molecule has 1 amide bonds. The van der Waals surface area contributed by atoms with E-state index in [4.69, 9.17) is 4.74 Å². The van der Waals surface area contributed by atoms with Crippen LogP contribution in [0.3, 0.4) is 0 Å². The summed E-state index contributed by atoms with van der Waals surface area (Å²) in [5.41, 5.74) is 2.13. The Morgan fingerprint density at radius 2 is 1.73 bits per heavy atom. The van der Waals surface area contributed by atoms with Crippen molar-refractivity contribution >= 4 is 6.09 Å². The minimum atomic E-state index is -0.480. The first-order chi connectivity index (χ1) is 19.7. The number of benzene rings is 1. The predicted molar refractivity (Wildman–Crippen MR) is 164 cm³/mol. The minimum absolute atomic E-state index is 0.340. The van der Waals surface area contributed by atoms with Gasteiger partial charge in [0.25, 0.3) is 0 Å². The molecule has 1 aromatic carbocycles. The first-order valence-electron chi connectivity index (χ1n) is 15.1. The van der Waals surface area contributed by atoms with Crippen molar-refractivity contribution in [1.29, 1.82) is 0 Å². The first-order valence-corrected chi connectivity index (χ1v) is 15.1. The molecule has 226 valence electrons. The average Bonchev–Trinajstić information content (AvgIpc) is 3.57. The van der Waals surface area contributed by atoms with Crippen LogP contribution in [0.4, 0.5) is 4.79 Å². The number of hydrogen-bond donors (Lipinski definition) is 2. The summed E-state index contributed by atoms with van der Waals surface area (Å²) in [5.74, 6) is 1.98. The van der Waals surface area contributed by atoms with Crippen LogP contribution in [-0.2, 0) is 37.8 Å². The van der Waals surface area contributed by atoms with Gasteiger partial charge in [-0.3, -0.25) is 4.90 Å². The van der Waals surface area contributed by atoms with E-state index in [-0.39, 0.29) is 6.09 Å². The van der Waals surface area contributed by atoms with Crippen LogP contribution in [-0.4, -0.2) is 66.7 Å². The second-order valence-corrected chi connectivity index (χ2v) is 11.9. The zero-order valence-corrected chi connectivity index (χ0v) is 26.0. The Labute approximate surface area is 246 Å². The lowest BCUT2D eigenvalue weighted by Gasteiger charge is -2.32. The van der Waals surface area contributed by atoms with E-state index in [1.54, 1.807) is 6.20 Å². The number of nitrogens with zero attached hydrogens (tertiary/aromatic N) is 5. The zero-order valence-electron chi connectivity index (χ0n) is 26.0. The molecule has 0 fully saturated rings. The van der Waals surface area contributed by atoms with E-state index in [9.17, 15) is 4.79 Å². The molecule has 0 radical (unpaired) electrons. The molecule has 41 heavy (non-hydrogen) atoms. The first kappa shape index (κ1) is 32.3. The molecule has 0 aliphatic carbocycles. The van der Waals surface area contributed by atoms with E-state index in [1.807, 2.05) is 46.4 Å². The molecule has 2 heterocycles. The van der Waals surface area contributed by atoms with Crippen LogP contribution in [0.5, 0.6) is 0 Å². The van der Waals surface area contributed by atoms with Crippen LogP contribution in [0, 0.1) is 0 Å². The quantitative estimate of drug-likeness (QED) is 0.205. The third-order valence-corrected chi connectivity index (χ3v) is 7.04. The molecule has 0 aliphatic heterocycles. The number of hydrogen-bond acceptors (Lipinski definition) is 6. The van der Waals surface area contributed by atoms with Crippen LogP contribution in [0.2, 0.25) is 0 Å². The topological polar surface area (TPSA) is 91.3 Å². The van der Waals surface area contributed by atoms with E-state index in [2.05, 4.69) is 72.7 Å². The van der Waals surface area contributed by atoms with E-state index in [0.717, 1.165) is 76.5 Å².